The Balaban J connectivity index is 1.95. The molecule has 5 nitrogen and oxygen atoms in total. The van der Waals surface area contributed by atoms with Crippen molar-refractivity contribution < 1.29 is 9.53 Å². The van der Waals surface area contributed by atoms with Crippen LogP contribution in [0.5, 0.6) is 0 Å². The highest BCUT2D eigenvalue weighted by molar-refractivity contribution is 5.68. The van der Waals surface area contributed by atoms with E-state index in [1.807, 2.05) is 33.0 Å². The van der Waals surface area contributed by atoms with Crippen LogP contribution in [0.15, 0.2) is 12.3 Å². The van der Waals surface area contributed by atoms with Gasteiger partial charge in [-0.05, 0) is 45.6 Å². The lowest BCUT2D eigenvalue weighted by Gasteiger charge is -2.33. The Morgan fingerprint density at radius 3 is 2.50 bits per heavy atom. The molecule has 1 aliphatic heterocycles. The average Bonchev–Trinajstić information content (AvgIpc) is 2.46. The van der Waals surface area contributed by atoms with E-state index >= 15 is 0 Å². The largest absolute Gasteiger partial charge is 0.444 e. The second kappa shape index (κ2) is 6.63. The Bertz CT molecular complexity index is 515. The number of amides is 1. The molecule has 0 N–H and O–H groups in total. The molecule has 0 saturated carbocycles. The zero-order chi connectivity index (χ0) is 16.3. The molecule has 1 amide bonds. The normalized spacial score (nSPS) is 16.9. The number of likely N-dealkylation sites (tertiary alicyclic amines) is 1. The SMILES string of the molecule is CC(C)c1ccnc(C2CCN(C(=O)OC(C)(C)C)CC2)n1. The summed E-state index contributed by atoms with van der Waals surface area (Å²) in [5, 5.41) is 0. The van der Waals surface area contributed by atoms with E-state index in [1.165, 1.54) is 0 Å². The molecule has 1 fully saturated rings. The van der Waals surface area contributed by atoms with Crippen LogP contribution >= 0.6 is 0 Å². The maximum absolute atomic E-state index is 12.1. The first kappa shape index (κ1) is 16.7. The summed E-state index contributed by atoms with van der Waals surface area (Å²) in [7, 11) is 0. The van der Waals surface area contributed by atoms with Crippen molar-refractivity contribution in [2.45, 2.75) is 64.9 Å². The molecule has 0 aliphatic carbocycles. The Morgan fingerprint density at radius 1 is 1.32 bits per heavy atom. The Hall–Kier alpha value is -1.65. The van der Waals surface area contributed by atoms with E-state index in [2.05, 4.69) is 23.8 Å². The highest BCUT2D eigenvalue weighted by Crippen LogP contribution is 2.27. The molecule has 22 heavy (non-hydrogen) atoms. The standard InChI is InChI=1S/C17H27N3O2/c1-12(2)14-6-9-18-15(19-14)13-7-10-20(11-8-13)16(21)22-17(3,4)5/h6,9,12-13H,7-8,10-11H2,1-5H3. The summed E-state index contributed by atoms with van der Waals surface area (Å²) in [5.74, 6) is 1.65. The quantitative estimate of drug-likeness (QED) is 0.835. The lowest BCUT2D eigenvalue weighted by Crippen LogP contribution is -2.41. The zero-order valence-electron chi connectivity index (χ0n) is 14.3. The third-order valence-electron chi connectivity index (χ3n) is 3.80. The predicted octanol–water partition coefficient (Wildman–Crippen LogP) is 3.71. The van der Waals surface area contributed by atoms with E-state index in [-0.39, 0.29) is 6.09 Å². The molecule has 0 radical (unpaired) electrons. The van der Waals surface area contributed by atoms with Crippen LogP contribution in [0.3, 0.4) is 0 Å². The molecule has 122 valence electrons. The van der Waals surface area contributed by atoms with Gasteiger partial charge in [0.2, 0.25) is 0 Å². The molecular formula is C17H27N3O2. The van der Waals surface area contributed by atoms with Crippen LogP contribution < -0.4 is 0 Å². The first-order valence-electron chi connectivity index (χ1n) is 8.07. The van der Waals surface area contributed by atoms with E-state index < -0.39 is 5.60 Å². The fourth-order valence-corrected chi connectivity index (χ4v) is 2.55. The van der Waals surface area contributed by atoms with Crippen molar-refractivity contribution >= 4 is 6.09 Å². The molecule has 0 bridgehead atoms. The topological polar surface area (TPSA) is 55.3 Å². The first-order chi connectivity index (χ1) is 10.3. The molecule has 1 saturated heterocycles. The van der Waals surface area contributed by atoms with Crippen LogP contribution in [0.25, 0.3) is 0 Å². The minimum atomic E-state index is -0.442. The number of hydrogen-bond donors (Lipinski definition) is 0. The van der Waals surface area contributed by atoms with Gasteiger partial charge < -0.3 is 9.64 Å². The summed E-state index contributed by atoms with van der Waals surface area (Å²) in [6.45, 7) is 11.4. The third-order valence-corrected chi connectivity index (χ3v) is 3.80. The summed E-state index contributed by atoms with van der Waals surface area (Å²) < 4.78 is 5.42. The van der Waals surface area contributed by atoms with Crippen LogP contribution in [-0.4, -0.2) is 39.7 Å². The average molecular weight is 305 g/mol. The molecule has 0 atom stereocenters. The van der Waals surface area contributed by atoms with Crippen molar-refractivity contribution in [3.05, 3.63) is 23.8 Å². The number of piperidine rings is 1. The van der Waals surface area contributed by atoms with Crippen LogP contribution in [-0.2, 0) is 4.74 Å². The van der Waals surface area contributed by atoms with Crippen LogP contribution in [0.2, 0.25) is 0 Å². The fourth-order valence-electron chi connectivity index (χ4n) is 2.55. The van der Waals surface area contributed by atoms with Crippen molar-refractivity contribution in [1.82, 2.24) is 14.9 Å². The smallest absolute Gasteiger partial charge is 0.410 e. The molecule has 1 aromatic heterocycles. The number of nitrogens with zero attached hydrogens (tertiary/aromatic N) is 3. The van der Waals surface area contributed by atoms with E-state index in [0.717, 1.165) is 24.4 Å². The summed E-state index contributed by atoms with van der Waals surface area (Å²) in [4.78, 5) is 23.0. The number of carbonyl (C=O) groups is 1. The lowest BCUT2D eigenvalue weighted by molar-refractivity contribution is 0.0203. The molecule has 2 heterocycles. The van der Waals surface area contributed by atoms with Gasteiger partial charge >= 0.3 is 6.09 Å². The van der Waals surface area contributed by atoms with Crippen LogP contribution in [0.1, 0.15) is 70.8 Å². The van der Waals surface area contributed by atoms with E-state index in [1.54, 1.807) is 4.90 Å². The summed E-state index contributed by atoms with van der Waals surface area (Å²) in [5.41, 5.74) is 0.641. The highest BCUT2D eigenvalue weighted by atomic mass is 16.6. The molecule has 5 heteroatoms. The van der Waals surface area contributed by atoms with Crippen molar-refractivity contribution in [3.63, 3.8) is 0 Å². The van der Waals surface area contributed by atoms with Gasteiger partial charge in [-0.2, -0.15) is 0 Å². The summed E-state index contributed by atoms with van der Waals surface area (Å²) in [6, 6.07) is 1.98. The molecule has 2 rings (SSSR count). The van der Waals surface area contributed by atoms with E-state index in [0.29, 0.717) is 24.9 Å². The monoisotopic (exact) mass is 305 g/mol. The van der Waals surface area contributed by atoms with Crippen molar-refractivity contribution in [2.75, 3.05) is 13.1 Å². The molecular weight excluding hydrogens is 278 g/mol. The van der Waals surface area contributed by atoms with Gasteiger partial charge in [0, 0.05) is 30.9 Å². The minimum absolute atomic E-state index is 0.220. The van der Waals surface area contributed by atoms with E-state index in [4.69, 9.17) is 4.74 Å². The Kier molecular flexibility index (Phi) is 5.04. The van der Waals surface area contributed by atoms with Crippen molar-refractivity contribution in [3.8, 4) is 0 Å². The Morgan fingerprint density at radius 2 is 1.95 bits per heavy atom. The molecule has 1 aliphatic rings. The fraction of sp³-hybridized carbons (Fsp3) is 0.706. The van der Waals surface area contributed by atoms with Gasteiger partial charge in [0.25, 0.3) is 0 Å². The summed E-state index contributed by atoms with van der Waals surface area (Å²) >= 11 is 0. The maximum atomic E-state index is 12.1. The van der Waals surface area contributed by atoms with Gasteiger partial charge in [-0.25, -0.2) is 14.8 Å². The van der Waals surface area contributed by atoms with Crippen molar-refractivity contribution in [2.24, 2.45) is 0 Å². The van der Waals surface area contributed by atoms with Gasteiger partial charge in [0.15, 0.2) is 0 Å². The second-order valence-electron chi connectivity index (χ2n) is 7.24. The maximum Gasteiger partial charge on any atom is 0.410 e. The number of rotatable bonds is 2. The summed E-state index contributed by atoms with van der Waals surface area (Å²) in [6.07, 6.45) is 3.40. The molecule has 0 unspecified atom stereocenters. The van der Waals surface area contributed by atoms with Crippen LogP contribution in [0, 0.1) is 0 Å². The predicted molar refractivity (Wildman–Crippen MR) is 85.9 cm³/mol. The first-order valence-corrected chi connectivity index (χ1v) is 8.07. The Labute approximate surface area is 133 Å². The molecule has 0 aromatic carbocycles. The van der Waals surface area contributed by atoms with Gasteiger partial charge in [-0.3, -0.25) is 0 Å². The number of ether oxygens (including phenoxy) is 1. The second-order valence-corrected chi connectivity index (χ2v) is 7.24. The zero-order valence-corrected chi connectivity index (χ0v) is 14.3. The lowest BCUT2D eigenvalue weighted by atomic mass is 9.96. The van der Waals surface area contributed by atoms with E-state index in [9.17, 15) is 4.79 Å². The number of carbonyl (C=O) groups excluding carboxylic acids is 1. The van der Waals surface area contributed by atoms with Gasteiger partial charge in [-0.15, -0.1) is 0 Å². The molecule has 1 aromatic rings. The highest BCUT2D eigenvalue weighted by Gasteiger charge is 2.28. The molecule has 0 spiro atoms. The minimum Gasteiger partial charge on any atom is -0.444 e. The number of hydrogen-bond acceptors (Lipinski definition) is 4. The third kappa shape index (κ3) is 4.42. The van der Waals surface area contributed by atoms with Gasteiger partial charge in [0.05, 0.1) is 0 Å². The van der Waals surface area contributed by atoms with Crippen molar-refractivity contribution in [1.29, 1.82) is 0 Å². The van der Waals surface area contributed by atoms with Gasteiger partial charge in [-0.1, -0.05) is 13.8 Å². The van der Waals surface area contributed by atoms with Gasteiger partial charge in [0.1, 0.15) is 11.4 Å². The van der Waals surface area contributed by atoms with Crippen LogP contribution in [0.4, 0.5) is 4.79 Å². The number of aromatic nitrogens is 2.